The van der Waals surface area contributed by atoms with Crippen LogP contribution >= 0.6 is 0 Å². The zero-order chi connectivity index (χ0) is 20.2. The summed E-state index contributed by atoms with van der Waals surface area (Å²) in [5.41, 5.74) is 0. The lowest BCUT2D eigenvalue weighted by molar-refractivity contribution is -0.433. The molecule has 3 nitrogen and oxygen atoms in total. The highest BCUT2D eigenvalue weighted by Crippen LogP contribution is 2.61. The molecule has 24 heavy (non-hydrogen) atoms. The molecule has 0 bridgehead atoms. The van der Waals surface area contributed by atoms with E-state index in [1.165, 1.54) is 4.39 Å². The van der Waals surface area contributed by atoms with E-state index in [9.17, 15) is 70.0 Å². The molecule has 0 unspecified atom stereocenters. The lowest BCUT2D eigenvalue weighted by Crippen LogP contribution is -2.71. The summed E-state index contributed by atoms with van der Waals surface area (Å²) in [4.78, 5) is 0. The summed E-state index contributed by atoms with van der Waals surface area (Å²) in [5.74, 6) is -32.8. The summed E-state index contributed by atoms with van der Waals surface area (Å²) in [6.45, 7) is 0. The number of hydrogen-bond donors (Lipinski definition) is 0. The Morgan fingerprint density at radius 3 is 1.08 bits per heavy atom. The highest BCUT2D eigenvalue weighted by atomic mass is 32.2. The average molecular weight is 418 g/mol. The summed E-state index contributed by atoms with van der Waals surface area (Å²) in [6, 6.07) is 0. The maximum Gasteiger partial charge on any atom is 0.460 e. The Bertz CT molecular complexity index is 574. The first-order chi connectivity index (χ1) is 10.1. The minimum Gasteiger partial charge on any atom is -0.192 e. The van der Waals surface area contributed by atoms with Gasteiger partial charge in [0.2, 0.25) is 0 Å². The van der Waals surface area contributed by atoms with E-state index in [1.54, 1.807) is 0 Å². The highest BCUT2D eigenvalue weighted by Gasteiger charge is 2.92. The molecule has 0 rings (SSSR count). The van der Waals surface area contributed by atoms with Gasteiger partial charge >= 0.3 is 45.2 Å². The summed E-state index contributed by atoms with van der Waals surface area (Å²) in [5, 5.41) is -7.66. The van der Waals surface area contributed by atoms with Crippen molar-refractivity contribution in [3.05, 3.63) is 0 Å². The molecule has 0 N–H and O–H groups in total. The van der Waals surface area contributed by atoms with Crippen LogP contribution in [0.4, 0.5) is 61.6 Å². The molecule has 0 saturated heterocycles. The van der Waals surface area contributed by atoms with Crippen LogP contribution in [0.5, 0.6) is 0 Å². The Morgan fingerprint density at radius 1 is 0.542 bits per heavy atom. The molecule has 0 amide bonds. The lowest BCUT2D eigenvalue weighted by atomic mass is 9.98. The minimum atomic E-state index is -8.34. The molecule has 0 aromatic rings. The third-order valence-corrected chi connectivity index (χ3v) is 3.35. The van der Waals surface area contributed by atoms with Crippen molar-refractivity contribution in [2.75, 3.05) is 0 Å². The Hall–Kier alpha value is -1.07. The molecule has 0 aromatic carbocycles. The van der Waals surface area contributed by atoms with Gasteiger partial charge < -0.3 is 0 Å². The normalized spacial score (nSPS) is 16.4. The molecule has 0 aliphatic heterocycles. The molecule has 0 heterocycles. The second-order valence-electron chi connectivity index (χ2n) is 3.83. The van der Waals surface area contributed by atoms with Gasteiger partial charge in [-0.15, -0.1) is 0 Å². The van der Waals surface area contributed by atoms with Crippen LogP contribution in [-0.4, -0.2) is 43.5 Å². The topological polar surface area (TPSA) is 43.4 Å². The standard InChI is InChI=1S/C6F14O3S/c7-1(8,3(11,12)5(15,16)17)2(9,10)4(13,14)6(18,19)24(21,22)23-20. The van der Waals surface area contributed by atoms with Crippen LogP contribution in [0.15, 0.2) is 0 Å². The van der Waals surface area contributed by atoms with E-state index in [0.29, 0.717) is 0 Å². The third-order valence-electron chi connectivity index (χ3n) is 2.30. The maximum atomic E-state index is 12.8. The molecule has 0 saturated carbocycles. The average Bonchev–Trinajstić information content (AvgIpc) is 2.36. The van der Waals surface area contributed by atoms with Crippen molar-refractivity contribution in [1.29, 1.82) is 0 Å². The van der Waals surface area contributed by atoms with Gasteiger partial charge in [0, 0.05) is 0 Å². The van der Waals surface area contributed by atoms with Crippen molar-refractivity contribution in [2.24, 2.45) is 0 Å². The minimum absolute atomic E-state index is 1.20. The van der Waals surface area contributed by atoms with Gasteiger partial charge in [0.25, 0.3) is 0 Å². The molecule has 0 aromatic heterocycles. The monoisotopic (exact) mass is 418 g/mol. The van der Waals surface area contributed by atoms with Crippen LogP contribution in [0.1, 0.15) is 0 Å². The molecule has 0 spiro atoms. The van der Waals surface area contributed by atoms with Crippen molar-refractivity contribution >= 4 is 10.1 Å². The maximum absolute atomic E-state index is 12.8. The van der Waals surface area contributed by atoms with Crippen molar-refractivity contribution in [3.8, 4) is 0 Å². The predicted octanol–water partition coefficient (Wildman–Crippen LogP) is 3.91. The van der Waals surface area contributed by atoms with Crippen LogP contribution in [0.3, 0.4) is 0 Å². The van der Waals surface area contributed by atoms with Gasteiger partial charge in [-0.3, -0.25) is 0 Å². The fraction of sp³-hybridized carbons (Fsp3) is 1.00. The van der Waals surface area contributed by atoms with Gasteiger partial charge in [0.05, 0.1) is 0 Å². The van der Waals surface area contributed by atoms with Gasteiger partial charge in [-0.1, -0.05) is 4.39 Å². The first kappa shape index (κ1) is 22.9. The summed E-state index contributed by atoms with van der Waals surface area (Å²) < 4.78 is 194. The van der Waals surface area contributed by atoms with E-state index in [1.807, 2.05) is 0 Å². The number of alkyl halides is 13. The van der Waals surface area contributed by atoms with Gasteiger partial charge in [0.1, 0.15) is 0 Å². The van der Waals surface area contributed by atoms with Crippen molar-refractivity contribution in [2.45, 2.75) is 35.1 Å². The molecule has 0 aliphatic rings. The Labute approximate surface area is 121 Å². The van der Waals surface area contributed by atoms with Crippen molar-refractivity contribution in [3.63, 3.8) is 0 Å². The zero-order valence-corrected chi connectivity index (χ0v) is 10.7. The van der Waals surface area contributed by atoms with Crippen LogP contribution in [-0.2, 0) is 14.5 Å². The zero-order valence-electron chi connectivity index (χ0n) is 9.92. The second-order valence-corrected chi connectivity index (χ2v) is 5.38. The predicted molar refractivity (Wildman–Crippen MR) is 41.9 cm³/mol. The molecule has 146 valence electrons. The number of halogens is 14. The van der Waals surface area contributed by atoms with Crippen LogP contribution in [0.2, 0.25) is 0 Å². The van der Waals surface area contributed by atoms with Gasteiger partial charge in [-0.05, 0) is 4.53 Å². The second kappa shape index (κ2) is 5.46. The quantitative estimate of drug-likeness (QED) is 0.615. The van der Waals surface area contributed by atoms with Crippen LogP contribution in [0, 0.1) is 0 Å². The molecule has 0 radical (unpaired) electrons. The van der Waals surface area contributed by atoms with E-state index in [0.717, 1.165) is 0 Å². The van der Waals surface area contributed by atoms with E-state index < -0.39 is 45.2 Å². The number of hydrogen-bond acceptors (Lipinski definition) is 3. The first-order valence-electron chi connectivity index (χ1n) is 4.57. The number of rotatable bonds is 6. The molecular weight excluding hydrogens is 418 g/mol. The Kier molecular flexibility index (Phi) is 5.22. The highest BCUT2D eigenvalue weighted by molar-refractivity contribution is 7.87. The largest absolute Gasteiger partial charge is 0.460 e. The van der Waals surface area contributed by atoms with E-state index in [-0.39, 0.29) is 0 Å². The molecule has 0 aliphatic carbocycles. The van der Waals surface area contributed by atoms with E-state index in [4.69, 9.17) is 0 Å². The fourth-order valence-electron chi connectivity index (χ4n) is 0.952. The molecule has 0 fully saturated rings. The molecule has 0 atom stereocenters. The Balaban J connectivity index is 6.52. The fourth-order valence-corrected chi connectivity index (χ4v) is 1.47. The van der Waals surface area contributed by atoms with Crippen LogP contribution in [0.25, 0.3) is 0 Å². The molecular formula is C6F14O3S. The molecule has 18 heteroatoms. The van der Waals surface area contributed by atoms with Crippen LogP contribution < -0.4 is 0 Å². The summed E-state index contributed by atoms with van der Waals surface area (Å²) in [6.07, 6.45) is -7.64. The van der Waals surface area contributed by atoms with Crippen molar-refractivity contribution < 1.29 is 74.4 Å². The van der Waals surface area contributed by atoms with Gasteiger partial charge in [-0.2, -0.15) is 65.5 Å². The van der Waals surface area contributed by atoms with Crippen molar-refractivity contribution in [1.82, 2.24) is 0 Å². The summed E-state index contributed by atoms with van der Waals surface area (Å²) >= 11 is 0. The SMILES string of the molecule is O=S(=O)(OF)C(F)(F)C(F)(F)C(F)(F)C(F)(F)C(F)(F)C(F)(F)F. The van der Waals surface area contributed by atoms with Gasteiger partial charge in [0.15, 0.2) is 0 Å². The third kappa shape index (κ3) is 2.66. The summed E-state index contributed by atoms with van der Waals surface area (Å²) in [7, 11) is -7.77. The smallest absolute Gasteiger partial charge is 0.192 e. The van der Waals surface area contributed by atoms with Gasteiger partial charge in [-0.25, -0.2) is 0 Å². The Morgan fingerprint density at radius 2 is 0.833 bits per heavy atom. The van der Waals surface area contributed by atoms with E-state index in [2.05, 4.69) is 0 Å². The first-order valence-corrected chi connectivity index (χ1v) is 5.97. The lowest BCUT2D eigenvalue weighted by Gasteiger charge is -2.38. The van der Waals surface area contributed by atoms with E-state index >= 15 is 0 Å².